The predicted octanol–water partition coefficient (Wildman–Crippen LogP) is 1.20. The quantitative estimate of drug-likeness (QED) is 0.558. The number of Topliss-reactive ketones (excluding diaryl/α,β-unsaturated/α-hetero) is 1. The summed E-state index contributed by atoms with van der Waals surface area (Å²) in [7, 11) is -1.59. The van der Waals surface area contributed by atoms with Crippen molar-refractivity contribution >= 4 is 40.2 Å². The molecule has 0 atom stereocenters. The number of fused-ring (bicyclic) bond motifs is 2. The van der Waals surface area contributed by atoms with E-state index in [2.05, 4.69) is 4.98 Å². The van der Waals surface area contributed by atoms with E-state index in [0.29, 0.717) is 27.3 Å². The molecule has 0 radical (unpaired) electrons. The number of rotatable bonds is 3. The second-order valence-electron chi connectivity index (χ2n) is 5.11. The summed E-state index contributed by atoms with van der Waals surface area (Å²) in [5.74, 6) is 0.0450. The van der Waals surface area contributed by atoms with Gasteiger partial charge in [0.05, 0.1) is 11.0 Å². The number of para-hydroxylation sites is 2. The third kappa shape index (κ3) is 2.41. The van der Waals surface area contributed by atoms with Crippen LogP contribution >= 0.6 is 0 Å². The Kier molecular flexibility index (Phi) is 3.45. The normalized spacial score (nSPS) is 11.0. The number of carbonyl (C=O) groups is 1. The minimum Gasteiger partial charge on any atom is -0.423 e. The van der Waals surface area contributed by atoms with Gasteiger partial charge in [-0.2, -0.15) is 0 Å². The lowest BCUT2D eigenvalue weighted by Gasteiger charge is -2.12. The van der Waals surface area contributed by atoms with E-state index in [4.69, 9.17) is 0 Å². The molecular formula is C16H14BNO3. The van der Waals surface area contributed by atoms with Gasteiger partial charge in [-0.1, -0.05) is 36.4 Å². The summed E-state index contributed by atoms with van der Waals surface area (Å²) in [5, 5.41) is 20.9. The summed E-state index contributed by atoms with van der Waals surface area (Å²) in [6.07, 6.45) is 0.281. The maximum absolute atomic E-state index is 11.4. The molecule has 0 spiro atoms. The van der Waals surface area contributed by atoms with Crippen molar-refractivity contribution in [3.8, 4) is 0 Å². The molecule has 21 heavy (non-hydrogen) atoms. The van der Waals surface area contributed by atoms with Crippen LogP contribution in [0.5, 0.6) is 0 Å². The highest BCUT2D eigenvalue weighted by Crippen LogP contribution is 2.21. The Bertz CT molecular complexity index is 845. The zero-order valence-electron chi connectivity index (χ0n) is 11.6. The van der Waals surface area contributed by atoms with Gasteiger partial charge in [0.25, 0.3) is 0 Å². The van der Waals surface area contributed by atoms with Crippen molar-refractivity contribution in [3.05, 3.63) is 48.0 Å². The summed E-state index contributed by atoms with van der Waals surface area (Å²) in [6, 6.07) is 12.8. The van der Waals surface area contributed by atoms with Crippen LogP contribution in [0, 0.1) is 0 Å². The van der Waals surface area contributed by atoms with Gasteiger partial charge in [-0.05, 0) is 18.6 Å². The molecule has 0 amide bonds. The van der Waals surface area contributed by atoms with Gasteiger partial charge in [0.1, 0.15) is 5.78 Å². The van der Waals surface area contributed by atoms with E-state index in [9.17, 15) is 14.8 Å². The predicted molar refractivity (Wildman–Crippen MR) is 83.5 cm³/mol. The smallest absolute Gasteiger partial charge is 0.423 e. The number of nitrogens with zero attached hydrogens (tertiary/aromatic N) is 1. The average molecular weight is 279 g/mol. The first-order valence-electron chi connectivity index (χ1n) is 6.73. The van der Waals surface area contributed by atoms with Crippen molar-refractivity contribution < 1.29 is 14.8 Å². The molecule has 1 heterocycles. The molecule has 4 nitrogen and oxygen atoms in total. The lowest BCUT2D eigenvalue weighted by molar-refractivity contribution is -0.116. The first-order chi connectivity index (χ1) is 10.1. The number of carbonyl (C=O) groups excluding carboxylic acids is 1. The topological polar surface area (TPSA) is 70.4 Å². The second-order valence-corrected chi connectivity index (χ2v) is 5.11. The molecule has 0 aliphatic rings. The fourth-order valence-corrected chi connectivity index (χ4v) is 2.69. The summed E-state index contributed by atoms with van der Waals surface area (Å²) in [6.45, 7) is 1.53. The van der Waals surface area contributed by atoms with Crippen molar-refractivity contribution in [2.24, 2.45) is 0 Å². The van der Waals surface area contributed by atoms with Gasteiger partial charge < -0.3 is 10.0 Å². The van der Waals surface area contributed by atoms with Crippen LogP contribution in [0.25, 0.3) is 21.8 Å². The van der Waals surface area contributed by atoms with E-state index in [1.165, 1.54) is 6.92 Å². The molecule has 104 valence electrons. The molecule has 0 saturated carbocycles. The lowest BCUT2D eigenvalue weighted by Crippen LogP contribution is -2.31. The molecular weight excluding hydrogens is 265 g/mol. The maximum Gasteiger partial charge on any atom is 0.489 e. The molecule has 0 saturated heterocycles. The third-order valence-corrected chi connectivity index (χ3v) is 3.53. The van der Waals surface area contributed by atoms with Gasteiger partial charge in [-0.15, -0.1) is 0 Å². The van der Waals surface area contributed by atoms with Crippen molar-refractivity contribution in [2.45, 2.75) is 13.3 Å². The molecule has 0 aliphatic heterocycles. The first-order valence-corrected chi connectivity index (χ1v) is 6.73. The Morgan fingerprint density at radius 2 is 1.81 bits per heavy atom. The highest BCUT2D eigenvalue weighted by Gasteiger charge is 2.20. The fraction of sp³-hybridized carbons (Fsp3) is 0.125. The van der Waals surface area contributed by atoms with E-state index >= 15 is 0 Å². The van der Waals surface area contributed by atoms with Crippen LogP contribution in [-0.4, -0.2) is 27.9 Å². The third-order valence-electron chi connectivity index (χ3n) is 3.53. The van der Waals surface area contributed by atoms with Crippen molar-refractivity contribution in [3.63, 3.8) is 0 Å². The molecule has 0 fully saturated rings. The number of ketones is 1. The highest BCUT2D eigenvalue weighted by molar-refractivity contribution is 6.65. The Balaban J connectivity index is 2.44. The number of hydrogen-bond acceptors (Lipinski definition) is 4. The Morgan fingerprint density at radius 3 is 2.52 bits per heavy atom. The van der Waals surface area contributed by atoms with Crippen LogP contribution in [0.4, 0.5) is 0 Å². The summed E-state index contributed by atoms with van der Waals surface area (Å²) < 4.78 is 0. The van der Waals surface area contributed by atoms with E-state index in [1.807, 2.05) is 36.4 Å². The largest absolute Gasteiger partial charge is 0.489 e. The standard InChI is InChI=1S/C16H14BNO3/c1-10(19)9-11-5-4-7-13-15(17(20)21)12-6-2-3-8-14(12)18-16(11)13/h2-8,20-21H,9H2,1H3. The molecule has 2 aromatic carbocycles. The van der Waals surface area contributed by atoms with E-state index in [-0.39, 0.29) is 12.2 Å². The number of aromatic nitrogens is 1. The van der Waals surface area contributed by atoms with Crippen LogP contribution in [0.3, 0.4) is 0 Å². The van der Waals surface area contributed by atoms with Crippen LogP contribution in [-0.2, 0) is 11.2 Å². The van der Waals surface area contributed by atoms with Gasteiger partial charge in [0.2, 0.25) is 0 Å². The number of pyridine rings is 1. The fourth-order valence-electron chi connectivity index (χ4n) is 2.69. The molecule has 5 heteroatoms. The summed E-state index contributed by atoms with van der Waals surface area (Å²) in [4.78, 5) is 16.0. The monoisotopic (exact) mass is 279 g/mol. The van der Waals surface area contributed by atoms with Gasteiger partial charge in [-0.25, -0.2) is 4.98 Å². The van der Waals surface area contributed by atoms with Crippen molar-refractivity contribution in [2.75, 3.05) is 0 Å². The van der Waals surface area contributed by atoms with Crippen LogP contribution < -0.4 is 5.46 Å². The molecule has 2 N–H and O–H groups in total. The minimum absolute atomic E-state index is 0.0450. The van der Waals surface area contributed by atoms with Crippen molar-refractivity contribution in [1.82, 2.24) is 4.98 Å². The molecule has 0 unspecified atom stereocenters. The van der Waals surface area contributed by atoms with Crippen LogP contribution in [0.2, 0.25) is 0 Å². The molecule has 3 rings (SSSR count). The molecule has 0 aliphatic carbocycles. The zero-order chi connectivity index (χ0) is 15.0. The summed E-state index contributed by atoms with van der Waals surface area (Å²) in [5.41, 5.74) is 2.56. The molecule has 1 aromatic heterocycles. The SMILES string of the molecule is CC(=O)Cc1cccc2c(B(O)O)c3ccccc3nc12. The first kappa shape index (κ1) is 13.7. The minimum atomic E-state index is -1.59. The molecule has 3 aromatic rings. The lowest BCUT2D eigenvalue weighted by atomic mass is 9.75. The van der Waals surface area contributed by atoms with E-state index in [1.54, 1.807) is 6.07 Å². The van der Waals surface area contributed by atoms with Gasteiger partial charge in [0, 0.05) is 22.7 Å². The molecule has 0 bridgehead atoms. The van der Waals surface area contributed by atoms with Crippen LogP contribution in [0.1, 0.15) is 12.5 Å². The highest BCUT2D eigenvalue weighted by atomic mass is 16.4. The number of benzene rings is 2. The van der Waals surface area contributed by atoms with Crippen LogP contribution in [0.15, 0.2) is 42.5 Å². The van der Waals surface area contributed by atoms with Gasteiger partial charge >= 0.3 is 7.12 Å². The second kappa shape index (κ2) is 5.28. The average Bonchev–Trinajstić information content (AvgIpc) is 2.44. The summed E-state index contributed by atoms with van der Waals surface area (Å²) >= 11 is 0. The Labute approximate surface area is 122 Å². The Hall–Kier alpha value is -2.24. The van der Waals surface area contributed by atoms with Gasteiger partial charge in [-0.3, -0.25) is 4.79 Å². The van der Waals surface area contributed by atoms with Crippen molar-refractivity contribution in [1.29, 1.82) is 0 Å². The van der Waals surface area contributed by atoms with E-state index < -0.39 is 7.12 Å². The maximum atomic E-state index is 11.4. The van der Waals surface area contributed by atoms with E-state index in [0.717, 1.165) is 5.56 Å². The zero-order valence-corrected chi connectivity index (χ0v) is 11.6. The Morgan fingerprint density at radius 1 is 1.10 bits per heavy atom. The van der Waals surface area contributed by atoms with Gasteiger partial charge in [0.15, 0.2) is 0 Å². The number of hydrogen-bond donors (Lipinski definition) is 2.